The van der Waals surface area contributed by atoms with Crippen molar-refractivity contribution in [3.63, 3.8) is 0 Å². The van der Waals surface area contributed by atoms with Gasteiger partial charge in [0.2, 0.25) is 10.0 Å². The Balaban J connectivity index is 2.62. The van der Waals surface area contributed by atoms with Gasteiger partial charge >= 0.3 is 0 Å². The van der Waals surface area contributed by atoms with Gasteiger partial charge in [0.05, 0.1) is 17.2 Å². The number of ether oxygens (including phenoxy) is 2. The molecule has 0 bridgehead atoms. The van der Waals surface area contributed by atoms with Crippen LogP contribution in [0.2, 0.25) is 0 Å². The van der Waals surface area contributed by atoms with Crippen molar-refractivity contribution in [1.29, 1.82) is 0 Å². The number of hydrogen-bond donors (Lipinski definition) is 2. The van der Waals surface area contributed by atoms with E-state index in [2.05, 4.69) is 11.6 Å². The average molecular weight is 316 g/mol. The Morgan fingerprint density at radius 3 is 2.62 bits per heavy atom. The zero-order chi connectivity index (χ0) is 15.7. The lowest BCUT2D eigenvalue weighted by molar-refractivity contribution is 0.0982. The highest BCUT2D eigenvalue weighted by Crippen LogP contribution is 2.25. The fourth-order valence-corrected chi connectivity index (χ4v) is 2.70. The van der Waals surface area contributed by atoms with Crippen molar-refractivity contribution >= 4 is 15.7 Å². The van der Waals surface area contributed by atoms with Gasteiger partial charge in [-0.25, -0.2) is 13.1 Å². The topological polar surface area (TPSA) is 90.6 Å². The summed E-state index contributed by atoms with van der Waals surface area (Å²) in [5, 5.41) is 0. The molecule has 3 N–H and O–H groups in total. The summed E-state index contributed by atoms with van der Waals surface area (Å²) in [5.74, 6) is 0.355. The van der Waals surface area contributed by atoms with Crippen LogP contribution in [0, 0.1) is 0 Å². The van der Waals surface area contributed by atoms with Crippen molar-refractivity contribution < 1.29 is 17.9 Å². The van der Waals surface area contributed by atoms with E-state index in [1.165, 1.54) is 18.2 Å². The van der Waals surface area contributed by atoms with E-state index in [1.807, 2.05) is 0 Å². The van der Waals surface area contributed by atoms with E-state index in [9.17, 15) is 8.42 Å². The molecule has 0 radical (unpaired) electrons. The Bertz CT molecular complexity index is 532. The number of benzene rings is 1. The van der Waals surface area contributed by atoms with Crippen LogP contribution >= 0.6 is 0 Å². The Morgan fingerprint density at radius 2 is 1.95 bits per heavy atom. The van der Waals surface area contributed by atoms with Crippen molar-refractivity contribution in [3.8, 4) is 5.75 Å². The van der Waals surface area contributed by atoms with E-state index in [-0.39, 0.29) is 4.90 Å². The first kappa shape index (κ1) is 17.7. The fourth-order valence-electron chi connectivity index (χ4n) is 1.64. The minimum absolute atomic E-state index is 0.139. The van der Waals surface area contributed by atoms with Gasteiger partial charge in [0.25, 0.3) is 0 Å². The van der Waals surface area contributed by atoms with Crippen LogP contribution in [0.5, 0.6) is 5.75 Å². The molecule has 1 rings (SSSR count). The molecule has 6 nitrogen and oxygen atoms in total. The Kier molecular flexibility index (Phi) is 7.49. The van der Waals surface area contributed by atoms with Crippen molar-refractivity contribution in [2.75, 3.05) is 32.1 Å². The summed E-state index contributed by atoms with van der Waals surface area (Å²) in [6.45, 7) is 5.62. The van der Waals surface area contributed by atoms with Crippen LogP contribution in [0.25, 0.3) is 0 Å². The molecule has 0 aromatic heterocycles. The molecular formula is C14H24N2O4S. The Labute approximate surface area is 126 Å². The second kappa shape index (κ2) is 8.86. The third-order valence-corrected chi connectivity index (χ3v) is 4.30. The van der Waals surface area contributed by atoms with E-state index in [1.54, 1.807) is 6.92 Å². The summed E-state index contributed by atoms with van der Waals surface area (Å²) in [7, 11) is -3.51. The van der Waals surface area contributed by atoms with Gasteiger partial charge in [0.15, 0.2) is 0 Å². The molecule has 0 heterocycles. The van der Waals surface area contributed by atoms with Gasteiger partial charge in [0, 0.05) is 19.2 Å². The van der Waals surface area contributed by atoms with E-state index in [0.29, 0.717) is 37.8 Å². The molecule has 0 spiro atoms. The lowest BCUT2D eigenvalue weighted by Gasteiger charge is -2.11. The quantitative estimate of drug-likeness (QED) is 0.507. The summed E-state index contributed by atoms with van der Waals surface area (Å²) in [5.41, 5.74) is 6.19. The predicted molar refractivity (Wildman–Crippen MR) is 82.9 cm³/mol. The maximum absolute atomic E-state index is 11.9. The zero-order valence-corrected chi connectivity index (χ0v) is 13.4. The number of unbranched alkanes of at least 4 members (excludes halogenated alkanes) is 1. The molecule has 0 aliphatic carbocycles. The van der Waals surface area contributed by atoms with Crippen LogP contribution in [0.3, 0.4) is 0 Å². The second-order valence-electron chi connectivity index (χ2n) is 4.52. The van der Waals surface area contributed by atoms with E-state index < -0.39 is 10.0 Å². The predicted octanol–water partition coefficient (Wildman–Crippen LogP) is 1.76. The van der Waals surface area contributed by atoms with Gasteiger partial charge < -0.3 is 15.2 Å². The standard InChI is InChI=1S/C14H24N2O4S/c1-3-5-8-19-9-10-20-14-11-12(6-7-13(14)15)21(17,18)16-4-2/h6-7,11,16H,3-5,8-10,15H2,1-2H3. The molecule has 0 aliphatic rings. The normalized spacial score (nSPS) is 11.5. The van der Waals surface area contributed by atoms with Crippen LogP contribution in [-0.4, -0.2) is 34.8 Å². The average Bonchev–Trinajstić information content (AvgIpc) is 2.44. The molecule has 21 heavy (non-hydrogen) atoms. The monoisotopic (exact) mass is 316 g/mol. The molecule has 0 atom stereocenters. The van der Waals surface area contributed by atoms with Gasteiger partial charge in [-0.1, -0.05) is 20.3 Å². The molecule has 0 saturated carbocycles. The zero-order valence-electron chi connectivity index (χ0n) is 12.6. The van der Waals surface area contributed by atoms with Crippen molar-refractivity contribution in [2.24, 2.45) is 0 Å². The maximum Gasteiger partial charge on any atom is 0.240 e. The SMILES string of the molecule is CCCCOCCOc1cc(S(=O)(=O)NCC)ccc1N. The molecule has 1 aromatic carbocycles. The summed E-state index contributed by atoms with van der Waals surface area (Å²) < 4.78 is 37.1. The Hall–Kier alpha value is -1.31. The molecule has 120 valence electrons. The number of nitrogens with two attached hydrogens (primary N) is 1. The van der Waals surface area contributed by atoms with Crippen LogP contribution in [-0.2, 0) is 14.8 Å². The maximum atomic E-state index is 11.9. The molecule has 0 unspecified atom stereocenters. The number of anilines is 1. The van der Waals surface area contributed by atoms with Gasteiger partial charge in [-0.15, -0.1) is 0 Å². The lowest BCUT2D eigenvalue weighted by atomic mass is 10.3. The number of rotatable bonds is 10. The highest BCUT2D eigenvalue weighted by Gasteiger charge is 2.14. The second-order valence-corrected chi connectivity index (χ2v) is 6.28. The third-order valence-electron chi connectivity index (χ3n) is 2.76. The lowest BCUT2D eigenvalue weighted by Crippen LogP contribution is -2.23. The van der Waals surface area contributed by atoms with Crippen LogP contribution in [0.1, 0.15) is 26.7 Å². The number of nitrogen functional groups attached to an aromatic ring is 1. The first-order chi connectivity index (χ1) is 10.0. The molecule has 1 aromatic rings. The summed E-state index contributed by atoms with van der Waals surface area (Å²) in [6.07, 6.45) is 2.09. The number of sulfonamides is 1. The van der Waals surface area contributed by atoms with Crippen LogP contribution < -0.4 is 15.2 Å². The van der Waals surface area contributed by atoms with E-state index in [0.717, 1.165) is 12.8 Å². The fraction of sp³-hybridized carbons (Fsp3) is 0.571. The molecular weight excluding hydrogens is 292 g/mol. The summed E-state index contributed by atoms with van der Waals surface area (Å²) in [4.78, 5) is 0.139. The smallest absolute Gasteiger partial charge is 0.240 e. The number of hydrogen-bond acceptors (Lipinski definition) is 5. The van der Waals surface area contributed by atoms with Crippen molar-refractivity contribution in [2.45, 2.75) is 31.6 Å². The summed E-state index contributed by atoms with van der Waals surface area (Å²) >= 11 is 0. The molecule has 0 aliphatic heterocycles. The van der Waals surface area contributed by atoms with Crippen molar-refractivity contribution in [3.05, 3.63) is 18.2 Å². The first-order valence-corrected chi connectivity index (χ1v) is 8.59. The molecule has 0 amide bonds. The van der Waals surface area contributed by atoms with Gasteiger partial charge in [0.1, 0.15) is 12.4 Å². The summed E-state index contributed by atoms with van der Waals surface area (Å²) in [6, 6.07) is 4.41. The first-order valence-electron chi connectivity index (χ1n) is 7.11. The Morgan fingerprint density at radius 1 is 1.19 bits per heavy atom. The highest BCUT2D eigenvalue weighted by atomic mass is 32.2. The van der Waals surface area contributed by atoms with E-state index in [4.69, 9.17) is 15.2 Å². The number of nitrogens with one attached hydrogen (secondary N) is 1. The van der Waals surface area contributed by atoms with Gasteiger partial charge in [-0.2, -0.15) is 0 Å². The molecule has 0 fully saturated rings. The van der Waals surface area contributed by atoms with E-state index >= 15 is 0 Å². The minimum Gasteiger partial charge on any atom is -0.489 e. The third kappa shape index (κ3) is 5.91. The molecule has 7 heteroatoms. The van der Waals surface area contributed by atoms with Crippen LogP contribution in [0.4, 0.5) is 5.69 Å². The van der Waals surface area contributed by atoms with Crippen molar-refractivity contribution in [1.82, 2.24) is 4.72 Å². The minimum atomic E-state index is -3.51. The molecule has 0 saturated heterocycles. The van der Waals surface area contributed by atoms with Gasteiger partial charge in [-0.05, 0) is 18.6 Å². The largest absolute Gasteiger partial charge is 0.489 e. The van der Waals surface area contributed by atoms with Crippen LogP contribution in [0.15, 0.2) is 23.1 Å². The van der Waals surface area contributed by atoms with Gasteiger partial charge in [-0.3, -0.25) is 0 Å². The highest BCUT2D eigenvalue weighted by molar-refractivity contribution is 7.89.